The standard InChI is InChI=1S/C21H16Cl2N2O3S2/c1-11-6-13(9-17-20(27)24-21(29)30-17)8-16-19(11)28-10-18(26)25(16)5-4-12-2-3-14(22)15(23)7-12/h2-3,6-9H,4-5,10H2,1H3,(H,24,27,29). The number of benzene rings is 2. The molecule has 2 aromatic rings. The molecule has 0 aliphatic carbocycles. The average molecular weight is 479 g/mol. The van der Waals surface area contributed by atoms with E-state index >= 15 is 0 Å². The number of thioether (sulfide) groups is 1. The minimum atomic E-state index is -0.218. The number of hydrogen-bond acceptors (Lipinski definition) is 5. The molecule has 0 aromatic heterocycles. The van der Waals surface area contributed by atoms with E-state index < -0.39 is 0 Å². The molecule has 154 valence electrons. The summed E-state index contributed by atoms with van der Waals surface area (Å²) in [5.41, 5.74) is 3.35. The Balaban J connectivity index is 1.64. The zero-order valence-electron chi connectivity index (χ0n) is 15.8. The molecule has 1 fully saturated rings. The van der Waals surface area contributed by atoms with Gasteiger partial charge in [0.15, 0.2) is 6.61 Å². The van der Waals surface area contributed by atoms with Crippen molar-refractivity contribution in [2.45, 2.75) is 13.3 Å². The number of anilines is 1. The summed E-state index contributed by atoms with van der Waals surface area (Å²) in [6, 6.07) is 9.23. The largest absolute Gasteiger partial charge is 0.481 e. The molecule has 30 heavy (non-hydrogen) atoms. The van der Waals surface area contributed by atoms with E-state index in [2.05, 4.69) is 5.32 Å². The first-order chi connectivity index (χ1) is 14.3. The summed E-state index contributed by atoms with van der Waals surface area (Å²) in [4.78, 5) is 26.8. The summed E-state index contributed by atoms with van der Waals surface area (Å²) in [6.45, 7) is 2.37. The highest BCUT2D eigenvalue weighted by atomic mass is 35.5. The molecule has 0 bridgehead atoms. The summed E-state index contributed by atoms with van der Waals surface area (Å²) in [5.74, 6) is 0.329. The van der Waals surface area contributed by atoms with Crippen molar-refractivity contribution in [2.75, 3.05) is 18.1 Å². The number of ether oxygens (including phenoxy) is 1. The van der Waals surface area contributed by atoms with Gasteiger partial charge in [-0.2, -0.15) is 0 Å². The Labute approximate surface area is 193 Å². The van der Waals surface area contributed by atoms with Crippen LogP contribution in [0.1, 0.15) is 16.7 Å². The van der Waals surface area contributed by atoms with Gasteiger partial charge in [-0.15, -0.1) is 0 Å². The summed E-state index contributed by atoms with van der Waals surface area (Å²) < 4.78 is 6.12. The minimum Gasteiger partial charge on any atom is -0.481 e. The molecule has 9 heteroatoms. The van der Waals surface area contributed by atoms with Gasteiger partial charge in [-0.25, -0.2) is 0 Å². The van der Waals surface area contributed by atoms with Crippen LogP contribution in [0.15, 0.2) is 35.2 Å². The zero-order valence-corrected chi connectivity index (χ0v) is 19.0. The summed E-state index contributed by atoms with van der Waals surface area (Å²) in [6.07, 6.45) is 2.38. The molecule has 0 radical (unpaired) electrons. The third-order valence-electron chi connectivity index (χ3n) is 4.76. The lowest BCUT2D eigenvalue weighted by Gasteiger charge is -2.31. The number of nitrogens with zero attached hydrogens (tertiary/aromatic N) is 1. The van der Waals surface area contributed by atoms with Crippen LogP contribution in [0, 0.1) is 6.92 Å². The van der Waals surface area contributed by atoms with Crippen LogP contribution in [0.3, 0.4) is 0 Å². The van der Waals surface area contributed by atoms with E-state index in [1.807, 2.05) is 25.1 Å². The van der Waals surface area contributed by atoms with E-state index in [1.165, 1.54) is 11.8 Å². The molecular weight excluding hydrogens is 463 g/mol. The van der Waals surface area contributed by atoms with Gasteiger partial charge in [0.2, 0.25) is 0 Å². The molecule has 5 nitrogen and oxygen atoms in total. The van der Waals surface area contributed by atoms with Gasteiger partial charge in [-0.1, -0.05) is 53.2 Å². The number of nitrogens with one attached hydrogen (secondary N) is 1. The van der Waals surface area contributed by atoms with Gasteiger partial charge in [0.1, 0.15) is 10.1 Å². The van der Waals surface area contributed by atoms with E-state index in [4.69, 9.17) is 40.2 Å². The molecule has 0 saturated carbocycles. The highest BCUT2D eigenvalue weighted by Crippen LogP contribution is 2.38. The van der Waals surface area contributed by atoms with Gasteiger partial charge in [-0.05, 0) is 60.4 Å². The number of amides is 2. The molecule has 0 unspecified atom stereocenters. The SMILES string of the molecule is Cc1cc(C=C2SC(=S)NC2=O)cc2c1OCC(=O)N2CCc1ccc(Cl)c(Cl)c1. The molecule has 1 N–H and O–H groups in total. The maximum absolute atomic E-state index is 12.6. The molecule has 2 aromatic carbocycles. The van der Waals surface area contributed by atoms with Crippen molar-refractivity contribution in [2.24, 2.45) is 0 Å². The predicted molar refractivity (Wildman–Crippen MR) is 126 cm³/mol. The van der Waals surface area contributed by atoms with E-state index in [1.54, 1.807) is 23.1 Å². The van der Waals surface area contributed by atoms with E-state index in [-0.39, 0.29) is 18.4 Å². The number of halogens is 2. The lowest BCUT2D eigenvalue weighted by molar-refractivity contribution is -0.121. The summed E-state index contributed by atoms with van der Waals surface area (Å²) in [7, 11) is 0. The Kier molecular flexibility index (Phi) is 6.06. The normalized spacial score (nSPS) is 17.2. The Morgan fingerprint density at radius 2 is 2.03 bits per heavy atom. The van der Waals surface area contributed by atoms with Crippen molar-refractivity contribution < 1.29 is 14.3 Å². The van der Waals surface area contributed by atoms with Gasteiger partial charge in [-0.3, -0.25) is 9.59 Å². The van der Waals surface area contributed by atoms with Crippen LogP contribution >= 0.6 is 47.2 Å². The van der Waals surface area contributed by atoms with Crippen LogP contribution in [0.2, 0.25) is 10.0 Å². The lowest BCUT2D eigenvalue weighted by atomic mass is 10.0. The van der Waals surface area contributed by atoms with Gasteiger partial charge >= 0.3 is 0 Å². The molecule has 2 heterocycles. The fourth-order valence-corrected chi connectivity index (χ4v) is 4.72. The van der Waals surface area contributed by atoms with Gasteiger partial charge in [0.05, 0.1) is 20.6 Å². The molecule has 2 aliphatic heterocycles. The van der Waals surface area contributed by atoms with E-state index in [0.29, 0.717) is 43.7 Å². The van der Waals surface area contributed by atoms with Crippen molar-refractivity contribution in [3.63, 3.8) is 0 Å². The average Bonchev–Trinajstić information content (AvgIpc) is 3.00. The van der Waals surface area contributed by atoms with Gasteiger partial charge < -0.3 is 15.0 Å². The molecule has 2 amide bonds. The van der Waals surface area contributed by atoms with Crippen LogP contribution in [0.5, 0.6) is 5.75 Å². The van der Waals surface area contributed by atoms with E-state index in [0.717, 1.165) is 16.7 Å². The third-order valence-corrected chi connectivity index (χ3v) is 6.66. The Bertz CT molecular complexity index is 1120. The number of rotatable bonds is 4. The van der Waals surface area contributed by atoms with Gasteiger partial charge in [0.25, 0.3) is 11.8 Å². The first-order valence-electron chi connectivity index (χ1n) is 9.08. The number of aryl methyl sites for hydroxylation is 1. The second-order valence-electron chi connectivity index (χ2n) is 6.87. The number of fused-ring (bicyclic) bond motifs is 1. The van der Waals surface area contributed by atoms with Crippen LogP contribution in [-0.4, -0.2) is 29.3 Å². The minimum absolute atomic E-state index is 0.0117. The smallest absolute Gasteiger partial charge is 0.265 e. The molecule has 0 atom stereocenters. The fraction of sp³-hybridized carbons (Fsp3) is 0.190. The Morgan fingerprint density at radius 1 is 1.23 bits per heavy atom. The maximum atomic E-state index is 12.6. The van der Waals surface area contributed by atoms with Crippen LogP contribution < -0.4 is 15.0 Å². The van der Waals surface area contributed by atoms with Crippen molar-refractivity contribution in [3.05, 3.63) is 62.0 Å². The molecule has 4 rings (SSSR count). The summed E-state index contributed by atoms with van der Waals surface area (Å²) in [5, 5.41) is 3.58. The Morgan fingerprint density at radius 3 is 2.73 bits per heavy atom. The number of hydrogen-bond donors (Lipinski definition) is 1. The quantitative estimate of drug-likeness (QED) is 0.506. The number of thiocarbonyl (C=S) groups is 1. The van der Waals surface area contributed by atoms with Crippen molar-refractivity contribution in [3.8, 4) is 5.75 Å². The molecule has 0 spiro atoms. The van der Waals surface area contributed by atoms with Crippen molar-refractivity contribution >= 4 is 75.1 Å². The first kappa shape index (κ1) is 21.2. The second-order valence-corrected chi connectivity index (χ2v) is 9.40. The highest BCUT2D eigenvalue weighted by Gasteiger charge is 2.28. The highest BCUT2D eigenvalue weighted by molar-refractivity contribution is 8.26. The third kappa shape index (κ3) is 4.34. The van der Waals surface area contributed by atoms with Crippen LogP contribution in [-0.2, 0) is 16.0 Å². The first-order valence-corrected chi connectivity index (χ1v) is 11.1. The number of carbonyl (C=O) groups is 2. The van der Waals surface area contributed by atoms with Gasteiger partial charge in [0, 0.05) is 6.54 Å². The second kappa shape index (κ2) is 8.59. The monoisotopic (exact) mass is 478 g/mol. The fourth-order valence-electron chi connectivity index (χ4n) is 3.35. The van der Waals surface area contributed by atoms with Crippen LogP contribution in [0.25, 0.3) is 6.08 Å². The lowest BCUT2D eigenvalue weighted by Crippen LogP contribution is -2.40. The number of carbonyl (C=O) groups excluding carboxylic acids is 2. The van der Waals surface area contributed by atoms with Crippen molar-refractivity contribution in [1.29, 1.82) is 0 Å². The summed E-state index contributed by atoms with van der Waals surface area (Å²) >= 11 is 18.4. The van der Waals surface area contributed by atoms with Crippen LogP contribution in [0.4, 0.5) is 5.69 Å². The molecule has 1 saturated heterocycles. The Hall–Kier alpha value is -2.06. The maximum Gasteiger partial charge on any atom is 0.265 e. The van der Waals surface area contributed by atoms with Crippen molar-refractivity contribution in [1.82, 2.24) is 5.32 Å². The predicted octanol–water partition coefficient (Wildman–Crippen LogP) is 4.76. The topological polar surface area (TPSA) is 58.6 Å². The molecular formula is C21H16Cl2N2O3S2. The molecule has 2 aliphatic rings. The zero-order chi connectivity index (χ0) is 21.4. The van der Waals surface area contributed by atoms with E-state index in [9.17, 15) is 9.59 Å².